The first-order valence-corrected chi connectivity index (χ1v) is 12.5. The van der Waals surface area contributed by atoms with E-state index in [0.29, 0.717) is 36.3 Å². The van der Waals surface area contributed by atoms with Gasteiger partial charge in [0.15, 0.2) is 11.5 Å². The molecule has 12 heteroatoms. The number of morpholine rings is 1. The van der Waals surface area contributed by atoms with Crippen molar-refractivity contribution in [2.45, 2.75) is 26.1 Å². The predicted octanol–water partition coefficient (Wildman–Crippen LogP) is 4.36. The number of benzene rings is 2. The standard InChI is InChI=1S/C25H25F3N4O4S/c1-2-16-5-3-4-6-18(16)24-31-30-23(37-24)14-20(33)17-7-8-21(36-25(26,27)28)19(13-17)29-22(34)15-32-9-11-35-12-10-32/h3-8,13H,2,9-12,14-15H2,1H3,(H,29,34). The molecule has 0 unspecified atom stereocenters. The van der Waals surface area contributed by atoms with Gasteiger partial charge in [0, 0.05) is 24.2 Å². The van der Waals surface area contributed by atoms with Gasteiger partial charge in [-0.05, 0) is 30.2 Å². The van der Waals surface area contributed by atoms with Gasteiger partial charge in [-0.3, -0.25) is 14.5 Å². The molecule has 0 radical (unpaired) electrons. The first kappa shape index (κ1) is 26.7. The van der Waals surface area contributed by atoms with E-state index in [1.807, 2.05) is 36.1 Å². The van der Waals surface area contributed by atoms with Crippen molar-refractivity contribution in [1.29, 1.82) is 0 Å². The highest BCUT2D eigenvalue weighted by atomic mass is 32.1. The normalized spacial score (nSPS) is 14.4. The van der Waals surface area contributed by atoms with Gasteiger partial charge in [0.05, 0.1) is 31.9 Å². The molecule has 8 nitrogen and oxygen atoms in total. The van der Waals surface area contributed by atoms with Crippen LogP contribution in [0.5, 0.6) is 5.75 Å². The summed E-state index contributed by atoms with van der Waals surface area (Å²) in [6.07, 6.45) is -4.24. The lowest BCUT2D eigenvalue weighted by Crippen LogP contribution is -2.41. The maximum atomic E-state index is 13.0. The van der Waals surface area contributed by atoms with Gasteiger partial charge < -0.3 is 14.8 Å². The maximum Gasteiger partial charge on any atom is 0.573 e. The summed E-state index contributed by atoms with van der Waals surface area (Å²) < 4.78 is 48.1. The Bertz CT molecular complexity index is 1260. The molecule has 0 saturated carbocycles. The van der Waals surface area contributed by atoms with Gasteiger partial charge in [-0.2, -0.15) is 0 Å². The van der Waals surface area contributed by atoms with Gasteiger partial charge in [-0.1, -0.05) is 42.5 Å². The highest BCUT2D eigenvalue weighted by Gasteiger charge is 2.32. The van der Waals surface area contributed by atoms with E-state index in [1.165, 1.54) is 23.5 Å². The molecule has 37 heavy (non-hydrogen) atoms. The largest absolute Gasteiger partial charge is 0.573 e. The Hall–Kier alpha value is -3.35. The van der Waals surface area contributed by atoms with E-state index in [0.717, 1.165) is 23.6 Å². The molecule has 0 spiro atoms. The van der Waals surface area contributed by atoms with E-state index < -0.39 is 18.0 Å². The summed E-state index contributed by atoms with van der Waals surface area (Å²) in [5.41, 5.74) is 1.92. The van der Waals surface area contributed by atoms with E-state index >= 15 is 0 Å². The van der Waals surface area contributed by atoms with Crippen LogP contribution < -0.4 is 10.1 Å². The second kappa shape index (κ2) is 11.8. The summed E-state index contributed by atoms with van der Waals surface area (Å²) in [7, 11) is 0. The Morgan fingerprint density at radius 2 is 1.89 bits per heavy atom. The number of Topliss-reactive ketones (excluding diaryl/α,β-unsaturated/α-hetero) is 1. The second-order valence-electron chi connectivity index (χ2n) is 8.31. The summed E-state index contributed by atoms with van der Waals surface area (Å²) in [5, 5.41) is 11.9. The van der Waals surface area contributed by atoms with E-state index in [9.17, 15) is 22.8 Å². The Kier molecular flexibility index (Phi) is 8.52. The van der Waals surface area contributed by atoms with Crippen LogP contribution in [0.25, 0.3) is 10.6 Å². The van der Waals surface area contributed by atoms with Gasteiger partial charge in [-0.15, -0.1) is 23.4 Å². The molecule has 1 aliphatic rings. The van der Waals surface area contributed by atoms with Crippen molar-refractivity contribution in [1.82, 2.24) is 15.1 Å². The minimum atomic E-state index is -4.97. The summed E-state index contributed by atoms with van der Waals surface area (Å²) in [4.78, 5) is 27.3. The number of nitrogens with one attached hydrogen (secondary N) is 1. The molecular weight excluding hydrogens is 509 g/mol. The van der Waals surface area contributed by atoms with Gasteiger partial charge in [0.25, 0.3) is 0 Å². The average molecular weight is 535 g/mol. The topological polar surface area (TPSA) is 93.7 Å². The Morgan fingerprint density at radius 1 is 1.14 bits per heavy atom. The summed E-state index contributed by atoms with van der Waals surface area (Å²) in [6, 6.07) is 11.2. The smallest absolute Gasteiger partial charge is 0.404 e. The molecule has 1 amide bonds. The van der Waals surface area contributed by atoms with Crippen LogP contribution in [-0.4, -0.2) is 66.0 Å². The van der Waals surface area contributed by atoms with Crippen LogP contribution in [0.3, 0.4) is 0 Å². The second-order valence-corrected chi connectivity index (χ2v) is 9.37. The molecule has 4 rings (SSSR count). The zero-order valence-corrected chi connectivity index (χ0v) is 20.8. The number of anilines is 1. The van der Waals surface area contributed by atoms with Crippen molar-refractivity contribution in [3.63, 3.8) is 0 Å². The number of ether oxygens (including phenoxy) is 2. The SMILES string of the molecule is CCc1ccccc1-c1nnc(CC(=O)c2ccc(OC(F)(F)F)c(NC(=O)CN3CCOCC3)c2)s1. The van der Waals surface area contributed by atoms with Crippen molar-refractivity contribution >= 4 is 28.7 Å². The van der Waals surface area contributed by atoms with Crippen molar-refractivity contribution in [2.75, 3.05) is 38.2 Å². The zero-order chi connectivity index (χ0) is 26.4. The molecule has 3 aromatic rings. The molecule has 0 bridgehead atoms. The number of alkyl halides is 3. The fourth-order valence-corrected chi connectivity index (χ4v) is 4.78. The number of nitrogens with zero attached hydrogens (tertiary/aromatic N) is 3. The number of halogens is 3. The maximum absolute atomic E-state index is 13.0. The fourth-order valence-electron chi connectivity index (χ4n) is 3.88. The molecule has 0 aliphatic carbocycles. The number of aryl methyl sites for hydroxylation is 1. The quantitative estimate of drug-likeness (QED) is 0.408. The predicted molar refractivity (Wildman–Crippen MR) is 132 cm³/mol. The Balaban J connectivity index is 1.51. The summed E-state index contributed by atoms with van der Waals surface area (Å²) in [6.45, 7) is 4.01. The number of hydrogen-bond acceptors (Lipinski definition) is 8. The number of hydrogen-bond donors (Lipinski definition) is 1. The fraction of sp³-hybridized carbons (Fsp3) is 0.360. The lowest BCUT2D eigenvalue weighted by atomic mass is 10.1. The van der Waals surface area contributed by atoms with Crippen molar-refractivity contribution in [3.8, 4) is 16.3 Å². The average Bonchev–Trinajstić information content (AvgIpc) is 3.33. The minimum Gasteiger partial charge on any atom is -0.404 e. The van der Waals surface area contributed by atoms with Crippen molar-refractivity contribution in [2.24, 2.45) is 0 Å². The molecule has 1 aromatic heterocycles. The number of rotatable bonds is 9. The first-order valence-electron chi connectivity index (χ1n) is 11.7. The van der Waals surface area contributed by atoms with Crippen LogP contribution in [0.15, 0.2) is 42.5 Å². The van der Waals surface area contributed by atoms with Crippen LogP contribution in [-0.2, 0) is 22.4 Å². The van der Waals surface area contributed by atoms with Crippen LogP contribution in [0.2, 0.25) is 0 Å². The molecule has 1 saturated heterocycles. The molecule has 2 aromatic carbocycles. The van der Waals surface area contributed by atoms with E-state index in [4.69, 9.17) is 4.74 Å². The number of carbonyl (C=O) groups is 2. The number of carbonyl (C=O) groups excluding carboxylic acids is 2. The van der Waals surface area contributed by atoms with Gasteiger partial charge in [-0.25, -0.2) is 0 Å². The number of ketones is 1. The lowest BCUT2D eigenvalue weighted by Gasteiger charge is -2.26. The lowest BCUT2D eigenvalue weighted by molar-refractivity contribution is -0.274. The highest BCUT2D eigenvalue weighted by molar-refractivity contribution is 7.14. The molecule has 1 aliphatic heterocycles. The monoisotopic (exact) mass is 534 g/mol. The van der Waals surface area contributed by atoms with Gasteiger partial charge >= 0.3 is 6.36 Å². The number of aromatic nitrogens is 2. The first-order chi connectivity index (χ1) is 17.7. The third-order valence-corrected chi connectivity index (χ3v) is 6.64. The van der Waals surface area contributed by atoms with Crippen LogP contribution in [0, 0.1) is 0 Å². The van der Waals surface area contributed by atoms with E-state index in [1.54, 1.807) is 0 Å². The summed E-state index contributed by atoms with van der Waals surface area (Å²) >= 11 is 1.28. The molecule has 2 heterocycles. The minimum absolute atomic E-state index is 0.0280. The number of amides is 1. The van der Waals surface area contributed by atoms with Gasteiger partial charge in [0.1, 0.15) is 10.0 Å². The third-order valence-electron chi connectivity index (χ3n) is 5.68. The third kappa shape index (κ3) is 7.34. The van der Waals surface area contributed by atoms with Gasteiger partial charge in [0.2, 0.25) is 5.91 Å². The highest BCUT2D eigenvalue weighted by Crippen LogP contribution is 2.32. The van der Waals surface area contributed by atoms with Crippen LogP contribution >= 0.6 is 11.3 Å². The molecule has 1 N–H and O–H groups in total. The van der Waals surface area contributed by atoms with Crippen LogP contribution in [0.1, 0.15) is 27.9 Å². The van der Waals surface area contributed by atoms with Crippen molar-refractivity contribution < 1.29 is 32.2 Å². The van der Waals surface area contributed by atoms with E-state index in [2.05, 4.69) is 20.3 Å². The van der Waals surface area contributed by atoms with Crippen LogP contribution in [0.4, 0.5) is 18.9 Å². The Morgan fingerprint density at radius 3 is 2.62 bits per heavy atom. The summed E-state index contributed by atoms with van der Waals surface area (Å²) in [5.74, 6) is -1.51. The molecule has 196 valence electrons. The zero-order valence-electron chi connectivity index (χ0n) is 20.0. The van der Waals surface area contributed by atoms with Crippen molar-refractivity contribution in [3.05, 3.63) is 58.6 Å². The Labute approximate surface area is 215 Å². The molecule has 0 atom stereocenters. The van der Waals surface area contributed by atoms with E-state index in [-0.39, 0.29) is 30.0 Å². The molecular formula is C25H25F3N4O4S. The molecule has 1 fully saturated rings.